The number of rotatable bonds is 3. The SMILES string of the molecule is CC1CC1C(=O)O/N=C/c1ccc(O)cc1. The summed E-state index contributed by atoms with van der Waals surface area (Å²) in [6, 6.07) is 6.47. The maximum absolute atomic E-state index is 11.3. The first-order valence-electron chi connectivity index (χ1n) is 5.20. The molecule has 2 unspecified atom stereocenters. The highest BCUT2D eigenvalue weighted by molar-refractivity contribution is 5.81. The highest BCUT2D eigenvalue weighted by atomic mass is 16.7. The van der Waals surface area contributed by atoms with Crippen LogP contribution in [0.15, 0.2) is 29.4 Å². The van der Waals surface area contributed by atoms with Crippen molar-refractivity contribution in [2.24, 2.45) is 17.0 Å². The second kappa shape index (κ2) is 4.35. The zero-order chi connectivity index (χ0) is 11.5. The number of carbonyl (C=O) groups excluding carboxylic acids is 1. The predicted octanol–water partition coefficient (Wildman–Crippen LogP) is 1.93. The van der Waals surface area contributed by atoms with Gasteiger partial charge in [0.15, 0.2) is 0 Å². The zero-order valence-electron chi connectivity index (χ0n) is 8.96. The first-order chi connectivity index (χ1) is 7.66. The van der Waals surface area contributed by atoms with Crippen LogP contribution in [0, 0.1) is 11.8 Å². The number of oxime groups is 1. The summed E-state index contributed by atoms with van der Waals surface area (Å²) in [4.78, 5) is 16.0. The van der Waals surface area contributed by atoms with E-state index in [1.165, 1.54) is 6.21 Å². The number of phenols is 1. The highest BCUT2D eigenvalue weighted by Gasteiger charge is 2.40. The second-order valence-corrected chi connectivity index (χ2v) is 4.06. The van der Waals surface area contributed by atoms with E-state index < -0.39 is 0 Å². The van der Waals surface area contributed by atoms with E-state index in [-0.39, 0.29) is 17.6 Å². The average molecular weight is 219 g/mol. The molecule has 0 amide bonds. The molecule has 1 N–H and O–H groups in total. The summed E-state index contributed by atoms with van der Waals surface area (Å²) in [6.07, 6.45) is 2.35. The minimum atomic E-state index is -0.262. The standard InChI is InChI=1S/C12H13NO3/c1-8-6-11(8)12(15)16-13-7-9-2-4-10(14)5-3-9/h2-5,7-8,11,14H,6H2,1H3/b13-7+. The molecule has 1 aromatic rings. The third kappa shape index (κ3) is 2.59. The fourth-order valence-corrected chi connectivity index (χ4v) is 1.42. The summed E-state index contributed by atoms with van der Waals surface area (Å²) in [6.45, 7) is 2.01. The summed E-state index contributed by atoms with van der Waals surface area (Å²) < 4.78 is 0. The van der Waals surface area contributed by atoms with Crippen LogP contribution >= 0.6 is 0 Å². The lowest BCUT2D eigenvalue weighted by Crippen LogP contribution is -2.03. The molecule has 2 atom stereocenters. The minimum Gasteiger partial charge on any atom is -0.508 e. The molecule has 0 spiro atoms. The molecule has 0 aliphatic heterocycles. The Morgan fingerprint density at radius 3 is 2.69 bits per heavy atom. The molecule has 16 heavy (non-hydrogen) atoms. The molecule has 2 rings (SSSR count). The van der Waals surface area contributed by atoms with E-state index in [9.17, 15) is 4.79 Å². The molecule has 1 fully saturated rings. The van der Waals surface area contributed by atoms with Crippen molar-refractivity contribution in [1.29, 1.82) is 0 Å². The van der Waals surface area contributed by atoms with Crippen molar-refractivity contribution < 1.29 is 14.7 Å². The summed E-state index contributed by atoms with van der Waals surface area (Å²) in [5.41, 5.74) is 0.773. The Morgan fingerprint density at radius 1 is 1.50 bits per heavy atom. The van der Waals surface area contributed by atoms with E-state index in [1.807, 2.05) is 6.92 Å². The Kier molecular flexibility index (Phi) is 2.90. The smallest absolute Gasteiger partial charge is 0.338 e. The van der Waals surface area contributed by atoms with Gasteiger partial charge in [0, 0.05) is 0 Å². The van der Waals surface area contributed by atoms with Crippen molar-refractivity contribution >= 4 is 12.2 Å². The van der Waals surface area contributed by atoms with Crippen LogP contribution in [0.4, 0.5) is 0 Å². The molecule has 1 aliphatic carbocycles. The van der Waals surface area contributed by atoms with E-state index in [0.29, 0.717) is 5.92 Å². The molecule has 0 saturated heterocycles. The summed E-state index contributed by atoms with van der Waals surface area (Å²) >= 11 is 0. The van der Waals surface area contributed by atoms with Crippen LogP contribution in [0.5, 0.6) is 5.75 Å². The third-order valence-corrected chi connectivity index (χ3v) is 2.65. The Balaban J connectivity index is 1.85. The molecule has 1 aromatic carbocycles. The third-order valence-electron chi connectivity index (χ3n) is 2.65. The Hall–Kier alpha value is -1.84. The number of hydrogen-bond donors (Lipinski definition) is 1. The van der Waals surface area contributed by atoms with Crippen molar-refractivity contribution in [3.63, 3.8) is 0 Å². The van der Waals surface area contributed by atoms with Gasteiger partial charge in [0.1, 0.15) is 5.75 Å². The molecule has 4 nitrogen and oxygen atoms in total. The number of nitrogens with zero attached hydrogens (tertiary/aromatic N) is 1. The maximum Gasteiger partial charge on any atom is 0.338 e. The molecule has 1 aliphatic rings. The highest BCUT2D eigenvalue weighted by Crippen LogP contribution is 2.38. The van der Waals surface area contributed by atoms with Gasteiger partial charge in [-0.05, 0) is 42.2 Å². The Bertz CT molecular complexity index is 411. The van der Waals surface area contributed by atoms with Crippen LogP contribution in [0.25, 0.3) is 0 Å². The van der Waals surface area contributed by atoms with Gasteiger partial charge >= 0.3 is 5.97 Å². The molecule has 0 heterocycles. The van der Waals surface area contributed by atoms with Gasteiger partial charge in [-0.2, -0.15) is 0 Å². The van der Waals surface area contributed by atoms with Gasteiger partial charge in [-0.1, -0.05) is 12.1 Å². The zero-order valence-corrected chi connectivity index (χ0v) is 8.96. The average Bonchev–Trinajstić information content (AvgIpc) is 2.98. The number of carbonyl (C=O) groups is 1. The predicted molar refractivity (Wildman–Crippen MR) is 59.1 cm³/mol. The van der Waals surface area contributed by atoms with Crippen LogP contribution in [0.2, 0.25) is 0 Å². The Morgan fingerprint density at radius 2 is 2.12 bits per heavy atom. The fourth-order valence-electron chi connectivity index (χ4n) is 1.42. The quantitative estimate of drug-likeness (QED) is 0.480. The van der Waals surface area contributed by atoms with Crippen LogP contribution in [-0.4, -0.2) is 17.3 Å². The van der Waals surface area contributed by atoms with Gasteiger partial charge in [0.2, 0.25) is 0 Å². The number of benzene rings is 1. The molecule has 84 valence electrons. The van der Waals surface area contributed by atoms with E-state index in [0.717, 1.165) is 12.0 Å². The van der Waals surface area contributed by atoms with Crippen LogP contribution in [-0.2, 0) is 9.63 Å². The fraction of sp³-hybridized carbons (Fsp3) is 0.333. The van der Waals surface area contributed by atoms with Gasteiger partial charge in [0.05, 0.1) is 12.1 Å². The summed E-state index contributed by atoms with van der Waals surface area (Å²) in [5, 5.41) is 12.7. The lowest BCUT2D eigenvalue weighted by molar-refractivity contribution is -0.145. The van der Waals surface area contributed by atoms with Crippen molar-refractivity contribution in [2.75, 3.05) is 0 Å². The van der Waals surface area contributed by atoms with E-state index in [1.54, 1.807) is 24.3 Å². The number of hydrogen-bond acceptors (Lipinski definition) is 4. The molecule has 0 aromatic heterocycles. The topological polar surface area (TPSA) is 58.9 Å². The molecular weight excluding hydrogens is 206 g/mol. The van der Waals surface area contributed by atoms with Gasteiger partial charge in [-0.3, -0.25) is 0 Å². The summed E-state index contributed by atoms with van der Waals surface area (Å²) in [5.74, 6) is 0.386. The van der Waals surface area contributed by atoms with Gasteiger partial charge in [-0.15, -0.1) is 0 Å². The number of aromatic hydroxyl groups is 1. The van der Waals surface area contributed by atoms with Gasteiger partial charge in [-0.25, -0.2) is 4.79 Å². The monoisotopic (exact) mass is 219 g/mol. The van der Waals surface area contributed by atoms with Crippen molar-refractivity contribution in [3.8, 4) is 5.75 Å². The van der Waals surface area contributed by atoms with Gasteiger partial charge < -0.3 is 9.94 Å². The van der Waals surface area contributed by atoms with E-state index >= 15 is 0 Å². The first kappa shape index (κ1) is 10.7. The lowest BCUT2D eigenvalue weighted by atomic mass is 10.2. The van der Waals surface area contributed by atoms with Gasteiger partial charge in [0.25, 0.3) is 0 Å². The molecule has 0 bridgehead atoms. The molecule has 1 saturated carbocycles. The Labute approximate surface area is 93.5 Å². The molecule has 4 heteroatoms. The number of phenolic OH excluding ortho intramolecular Hbond substituents is 1. The maximum atomic E-state index is 11.3. The molecular formula is C12H13NO3. The van der Waals surface area contributed by atoms with E-state index in [2.05, 4.69) is 5.16 Å². The van der Waals surface area contributed by atoms with Crippen LogP contribution in [0.1, 0.15) is 18.9 Å². The summed E-state index contributed by atoms with van der Waals surface area (Å²) in [7, 11) is 0. The second-order valence-electron chi connectivity index (χ2n) is 4.06. The van der Waals surface area contributed by atoms with Crippen LogP contribution < -0.4 is 0 Å². The molecule has 0 radical (unpaired) electrons. The normalized spacial score (nSPS) is 23.3. The lowest BCUT2D eigenvalue weighted by Gasteiger charge is -1.95. The van der Waals surface area contributed by atoms with E-state index in [4.69, 9.17) is 9.94 Å². The van der Waals surface area contributed by atoms with Crippen molar-refractivity contribution in [3.05, 3.63) is 29.8 Å². The minimum absolute atomic E-state index is 0.0250. The van der Waals surface area contributed by atoms with Crippen molar-refractivity contribution in [1.82, 2.24) is 0 Å². The van der Waals surface area contributed by atoms with Crippen molar-refractivity contribution in [2.45, 2.75) is 13.3 Å². The van der Waals surface area contributed by atoms with Crippen LogP contribution in [0.3, 0.4) is 0 Å². The largest absolute Gasteiger partial charge is 0.508 e. The first-order valence-corrected chi connectivity index (χ1v) is 5.20.